The van der Waals surface area contributed by atoms with Crippen LogP contribution in [0, 0.1) is 0 Å². The molecule has 34 heavy (non-hydrogen) atoms. The fourth-order valence-electron chi connectivity index (χ4n) is 4.21. The Bertz CT molecular complexity index is 989. The van der Waals surface area contributed by atoms with Crippen molar-refractivity contribution in [2.24, 2.45) is 0 Å². The number of anilines is 2. The molecule has 0 radical (unpaired) electrons. The quantitative estimate of drug-likeness (QED) is 0.619. The Hall–Kier alpha value is -3.25. The molecule has 4 heterocycles. The van der Waals surface area contributed by atoms with Gasteiger partial charge >= 0.3 is 6.03 Å². The van der Waals surface area contributed by atoms with Crippen molar-refractivity contribution in [3.8, 4) is 17.1 Å². The van der Waals surface area contributed by atoms with Crippen LogP contribution in [0.2, 0.25) is 0 Å². The van der Waals surface area contributed by atoms with Crippen LogP contribution in [0.5, 0.6) is 5.88 Å². The largest absolute Gasteiger partial charge is 0.474 e. The fraction of sp³-hybridized carbons (Fsp3) is 0.591. The zero-order valence-electron chi connectivity index (χ0n) is 19.2. The number of rotatable bonds is 6. The molecule has 1 atom stereocenters. The molecule has 3 N–H and O–H groups in total. The van der Waals surface area contributed by atoms with Gasteiger partial charge in [-0.05, 0) is 6.42 Å². The highest BCUT2D eigenvalue weighted by Crippen LogP contribution is 2.31. The van der Waals surface area contributed by atoms with Crippen molar-refractivity contribution in [2.45, 2.75) is 37.5 Å². The minimum atomic E-state index is -0.0683. The molecule has 5 rings (SSSR count). The number of morpholine rings is 1. The van der Waals surface area contributed by atoms with Crippen molar-refractivity contribution >= 4 is 17.9 Å². The zero-order valence-corrected chi connectivity index (χ0v) is 19.2. The Kier molecular flexibility index (Phi) is 6.59. The molecule has 3 aliphatic rings. The molecule has 12 nitrogen and oxygen atoms in total. The standard InChI is InChI=1S/C22H30N8O4/c1-29(22(31)26-15-2-5-33-13-15)16-8-17(9-16)34-19-10-18(14-11-24-20(23)25-12-14)27-21(28-19)30-3-6-32-7-4-30/h10-12,15-17H,2-9,13H2,1H3,(H,26,31)(H2,23,24,25)/t15-,16-,17-/m0/s1. The number of carbonyl (C=O) groups excluding carboxylic acids is 1. The predicted molar refractivity (Wildman–Crippen MR) is 123 cm³/mol. The van der Waals surface area contributed by atoms with Gasteiger partial charge in [0.15, 0.2) is 0 Å². The van der Waals surface area contributed by atoms with Gasteiger partial charge in [-0.25, -0.2) is 19.7 Å². The molecule has 182 valence electrons. The Morgan fingerprint density at radius 1 is 1.18 bits per heavy atom. The molecule has 2 aromatic heterocycles. The average Bonchev–Trinajstić information content (AvgIpc) is 3.34. The van der Waals surface area contributed by atoms with Gasteiger partial charge in [0, 0.05) is 69.7 Å². The Balaban J connectivity index is 1.25. The van der Waals surface area contributed by atoms with Gasteiger partial charge in [0.05, 0.1) is 31.6 Å². The van der Waals surface area contributed by atoms with Crippen LogP contribution in [-0.4, -0.2) is 95.6 Å². The monoisotopic (exact) mass is 470 g/mol. The summed E-state index contributed by atoms with van der Waals surface area (Å²) in [6.45, 7) is 3.94. The first-order valence-corrected chi connectivity index (χ1v) is 11.6. The lowest BCUT2D eigenvalue weighted by Crippen LogP contribution is -2.54. The number of nitrogens with zero attached hydrogens (tertiary/aromatic N) is 6. The van der Waals surface area contributed by atoms with Crippen molar-refractivity contribution in [1.82, 2.24) is 30.2 Å². The summed E-state index contributed by atoms with van der Waals surface area (Å²) in [5.74, 6) is 1.28. The number of hydrogen-bond donors (Lipinski definition) is 2. The smallest absolute Gasteiger partial charge is 0.317 e. The van der Waals surface area contributed by atoms with Gasteiger partial charge in [-0.3, -0.25) is 0 Å². The predicted octanol–water partition coefficient (Wildman–Crippen LogP) is 0.693. The summed E-state index contributed by atoms with van der Waals surface area (Å²) in [6.07, 6.45) is 5.58. The van der Waals surface area contributed by atoms with Gasteiger partial charge in [0.2, 0.25) is 17.8 Å². The van der Waals surface area contributed by atoms with Crippen LogP contribution in [0.3, 0.4) is 0 Å². The minimum absolute atomic E-state index is 0.0296. The summed E-state index contributed by atoms with van der Waals surface area (Å²) in [5.41, 5.74) is 7.03. The van der Waals surface area contributed by atoms with E-state index in [0.717, 1.165) is 24.8 Å². The van der Waals surface area contributed by atoms with E-state index < -0.39 is 0 Å². The molecule has 0 spiro atoms. The highest BCUT2D eigenvalue weighted by molar-refractivity contribution is 5.74. The summed E-state index contributed by atoms with van der Waals surface area (Å²) >= 11 is 0. The third-order valence-electron chi connectivity index (χ3n) is 6.44. The molecule has 0 unspecified atom stereocenters. The molecule has 2 aliphatic heterocycles. The zero-order chi connectivity index (χ0) is 23.5. The van der Waals surface area contributed by atoms with Crippen molar-refractivity contribution < 1.29 is 19.0 Å². The van der Waals surface area contributed by atoms with Gasteiger partial charge in [0.1, 0.15) is 6.10 Å². The van der Waals surface area contributed by atoms with E-state index in [4.69, 9.17) is 24.9 Å². The molecule has 1 aliphatic carbocycles. The number of nitrogen functional groups attached to an aromatic ring is 1. The van der Waals surface area contributed by atoms with E-state index in [0.29, 0.717) is 57.0 Å². The second-order valence-electron chi connectivity index (χ2n) is 8.81. The van der Waals surface area contributed by atoms with Crippen LogP contribution in [0.1, 0.15) is 19.3 Å². The lowest BCUT2D eigenvalue weighted by Gasteiger charge is -2.40. The van der Waals surface area contributed by atoms with Crippen LogP contribution >= 0.6 is 0 Å². The summed E-state index contributed by atoms with van der Waals surface area (Å²) in [4.78, 5) is 33.9. The van der Waals surface area contributed by atoms with Gasteiger partial charge in [-0.1, -0.05) is 0 Å². The maximum atomic E-state index is 12.5. The van der Waals surface area contributed by atoms with Crippen LogP contribution < -0.4 is 20.7 Å². The first-order valence-electron chi connectivity index (χ1n) is 11.6. The van der Waals surface area contributed by atoms with Crippen LogP contribution in [0.25, 0.3) is 11.3 Å². The highest BCUT2D eigenvalue weighted by Gasteiger charge is 2.37. The van der Waals surface area contributed by atoms with E-state index in [1.165, 1.54) is 0 Å². The molecule has 12 heteroatoms. The molecule has 0 aromatic carbocycles. The molecule has 3 fully saturated rings. The van der Waals surface area contributed by atoms with Crippen LogP contribution in [-0.2, 0) is 9.47 Å². The SMILES string of the molecule is CN(C(=O)N[C@H]1CCOC1)[C@H]1C[C@H](Oc2cc(-c3cnc(N)nc3)nc(N3CCOCC3)n2)C1. The normalized spacial score (nSPS) is 24.4. The van der Waals surface area contributed by atoms with Crippen LogP contribution in [0.15, 0.2) is 18.5 Å². The molecular weight excluding hydrogens is 440 g/mol. The number of hydrogen-bond acceptors (Lipinski definition) is 10. The lowest BCUT2D eigenvalue weighted by atomic mass is 9.88. The highest BCUT2D eigenvalue weighted by atomic mass is 16.5. The van der Waals surface area contributed by atoms with E-state index >= 15 is 0 Å². The number of nitrogens with one attached hydrogen (secondary N) is 1. The number of carbonyl (C=O) groups is 1. The topological polar surface area (TPSA) is 141 Å². The maximum absolute atomic E-state index is 12.5. The molecule has 1 saturated carbocycles. The second-order valence-corrected chi connectivity index (χ2v) is 8.81. The van der Waals surface area contributed by atoms with E-state index in [1.807, 2.05) is 7.05 Å². The maximum Gasteiger partial charge on any atom is 0.317 e. The molecule has 2 saturated heterocycles. The second kappa shape index (κ2) is 9.94. The number of ether oxygens (including phenoxy) is 3. The average molecular weight is 471 g/mol. The van der Waals surface area contributed by atoms with Crippen molar-refractivity contribution in [2.75, 3.05) is 57.2 Å². The fourth-order valence-corrected chi connectivity index (χ4v) is 4.21. The number of aromatic nitrogens is 4. The number of urea groups is 1. The minimum Gasteiger partial charge on any atom is -0.474 e. The first kappa shape index (κ1) is 22.5. The first-order chi connectivity index (χ1) is 16.5. The van der Waals surface area contributed by atoms with E-state index in [2.05, 4.69) is 25.2 Å². The molecular formula is C22H30N8O4. The summed E-state index contributed by atoms with van der Waals surface area (Å²) in [6, 6.07) is 1.94. The van der Waals surface area contributed by atoms with Gasteiger partial charge in [-0.15, -0.1) is 0 Å². The number of nitrogens with two attached hydrogens (primary N) is 1. The lowest BCUT2D eigenvalue weighted by molar-refractivity contribution is 0.0399. The van der Waals surface area contributed by atoms with Crippen molar-refractivity contribution in [3.63, 3.8) is 0 Å². The van der Waals surface area contributed by atoms with E-state index in [9.17, 15) is 4.79 Å². The number of amides is 2. The summed E-state index contributed by atoms with van der Waals surface area (Å²) < 4.78 is 17.0. The summed E-state index contributed by atoms with van der Waals surface area (Å²) in [5, 5.41) is 3.03. The molecule has 0 bridgehead atoms. The van der Waals surface area contributed by atoms with E-state index in [-0.39, 0.29) is 30.2 Å². The summed E-state index contributed by atoms with van der Waals surface area (Å²) in [7, 11) is 1.83. The van der Waals surface area contributed by atoms with Gasteiger partial charge in [0.25, 0.3) is 0 Å². The third kappa shape index (κ3) is 5.12. The Morgan fingerprint density at radius 2 is 1.94 bits per heavy atom. The third-order valence-corrected chi connectivity index (χ3v) is 6.44. The Morgan fingerprint density at radius 3 is 2.65 bits per heavy atom. The van der Waals surface area contributed by atoms with Gasteiger partial charge < -0.3 is 35.1 Å². The molecule has 2 amide bonds. The van der Waals surface area contributed by atoms with Crippen molar-refractivity contribution in [1.29, 1.82) is 0 Å². The van der Waals surface area contributed by atoms with E-state index in [1.54, 1.807) is 23.4 Å². The Labute approximate surface area is 197 Å². The van der Waals surface area contributed by atoms with Crippen LogP contribution in [0.4, 0.5) is 16.7 Å². The van der Waals surface area contributed by atoms with Gasteiger partial charge in [-0.2, -0.15) is 4.98 Å². The molecule has 2 aromatic rings. The van der Waals surface area contributed by atoms with Crippen molar-refractivity contribution in [3.05, 3.63) is 18.5 Å².